The second kappa shape index (κ2) is 20.9. The summed E-state index contributed by atoms with van der Waals surface area (Å²) in [6.07, 6.45) is 3.79. The number of benzene rings is 2. The number of pyridine rings is 2. The number of imide groups is 1. The number of rotatable bonds is 19. The number of amides is 8. The van der Waals surface area contributed by atoms with Crippen LogP contribution in [-0.2, 0) is 78.6 Å². The van der Waals surface area contributed by atoms with E-state index in [1.165, 1.54) is 6.07 Å². The molecule has 4 unspecified atom stereocenters. The first-order valence-electron chi connectivity index (χ1n) is 24.0. The monoisotopic (exact) mass is 1000 g/mol. The number of carbonyl (C=O) groups excluding carboxylic acids is 9. The predicted molar refractivity (Wildman–Crippen MR) is 255 cm³/mol. The lowest BCUT2D eigenvalue weighted by atomic mass is 9.81. The molecular weight excluding hydrogens is 950 g/mol. The molecule has 4 atom stereocenters. The molecule has 21 nitrogen and oxygen atoms in total. The highest BCUT2D eigenvalue weighted by atomic mass is 19.1. The van der Waals surface area contributed by atoms with E-state index >= 15 is 4.39 Å². The van der Waals surface area contributed by atoms with Crippen molar-refractivity contribution in [2.45, 2.75) is 89.6 Å². The van der Waals surface area contributed by atoms with Crippen molar-refractivity contribution in [3.05, 3.63) is 110 Å². The first kappa shape index (κ1) is 49.8. The number of aryl methyl sites for hydroxylation is 1. The molecule has 0 bridgehead atoms. The molecule has 2 aromatic carbocycles. The van der Waals surface area contributed by atoms with Crippen LogP contribution in [0.3, 0.4) is 0 Å². The van der Waals surface area contributed by atoms with E-state index in [1.54, 1.807) is 41.8 Å². The lowest BCUT2D eigenvalue weighted by Gasteiger charge is -2.31. The number of nitrogens with one attached hydrogen (secondary N) is 6. The maximum absolute atomic E-state index is 15.5. The second-order valence-electron chi connectivity index (χ2n) is 18.6. The van der Waals surface area contributed by atoms with Crippen LogP contribution in [0.1, 0.15) is 83.5 Å². The Labute approximate surface area is 416 Å². The zero-order valence-electron chi connectivity index (χ0n) is 39.9. The molecule has 22 heteroatoms. The molecule has 9 rings (SSSR count). The lowest BCUT2D eigenvalue weighted by molar-refractivity contribution is -0.148. The van der Waals surface area contributed by atoms with E-state index in [9.17, 15) is 47.9 Å². The van der Waals surface area contributed by atoms with Crippen LogP contribution in [0.15, 0.2) is 59.4 Å². The Balaban J connectivity index is 0.811. The van der Waals surface area contributed by atoms with Crippen LogP contribution in [0.5, 0.6) is 0 Å². The molecule has 0 saturated heterocycles. The maximum Gasteiger partial charge on any atom is 0.313 e. The molecule has 5 heterocycles. The van der Waals surface area contributed by atoms with Gasteiger partial charge in [0.2, 0.25) is 35.4 Å². The van der Waals surface area contributed by atoms with Gasteiger partial charge in [0.1, 0.15) is 37.8 Å². The summed E-state index contributed by atoms with van der Waals surface area (Å²) in [5, 5.41) is 16.1. The predicted octanol–water partition coefficient (Wildman–Crippen LogP) is 0.397. The fourth-order valence-corrected chi connectivity index (χ4v) is 9.88. The molecule has 1 saturated carbocycles. The van der Waals surface area contributed by atoms with E-state index in [-0.39, 0.29) is 37.8 Å². The summed E-state index contributed by atoms with van der Waals surface area (Å²) in [5.74, 6) is -7.01. The standard InChI is InChI=1S/C51H52FN9O12/c1-3-28-30-16-37-46-31(21-60(37)50(70)32(30)23-72-51(28)71)45-34(12-11-29-25(2)33(52)17-35(58-46)44(29)45)59-49(69)47(27-9-10-27)73-24-56-39(63)19-55-48(68)36(15-26-7-5-4-6-8-26)57-40(64)20-53-38(62)18-54-41(65)22-61-42(66)13-14-43(61)67/h4-8,13-14,16-17,27-28,34,36,47H,3,9-12,15,18-24H2,1-2H3,(H,53,62)(H,54,65)(H,55,68)(H,56,63)(H,57,64)(H,59,69). The Hall–Kier alpha value is -8.14. The Kier molecular flexibility index (Phi) is 14.3. The van der Waals surface area contributed by atoms with E-state index in [2.05, 4.69) is 31.9 Å². The third kappa shape index (κ3) is 10.5. The molecular formula is C51H52FN9O12. The quantitative estimate of drug-likeness (QED) is 0.0372. The molecule has 3 aliphatic heterocycles. The Bertz CT molecular complexity index is 3080. The summed E-state index contributed by atoms with van der Waals surface area (Å²) in [4.78, 5) is 134. The van der Waals surface area contributed by atoms with Gasteiger partial charge in [0.05, 0.1) is 60.6 Å². The van der Waals surface area contributed by atoms with Crippen molar-refractivity contribution in [1.29, 1.82) is 0 Å². The van der Waals surface area contributed by atoms with Crippen molar-refractivity contribution >= 4 is 64.1 Å². The van der Waals surface area contributed by atoms with Crippen LogP contribution in [0.4, 0.5) is 4.39 Å². The van der Waals surface area contributed by atoms with Gasteiger partial charge >= 0.3 is 5.97 Å². The molecule has 6 N–H and O–H groups in total. The van der Waals surface area contributed by atoms with Crippen molar-refractivity contribution in [2.24, 2.45) is 5.92 Å². The third-order valence-corrected chi connectivity index (χ3v) is 13.8. The number of halogens is 1. The summed E-state index contributed by atoms with van der Waals surface area (Å²) >= 11 is 0. The molecule has 73 heavy (non-hydrogen) atoms. The van der Waals surface area contributed by atoms with E-state index in [4.69, 9.17) is 14.5 Å². The summed E-state index contributed by atoms with van der Waals surface area (Å²) in [7, 11) is 0. The van der Waals surface area contributed by atoms with Gasteiger partial charge in [-0.1, -0.05) is 37.3 Å². The number of cyclic esters (lactones) is 1. The topological polar surface area (TPSA) is 282 Å². The van der Waals surface area contributed by atoms with Crippen LogP contribution in [0, 0.1) is 18.7 Å². The lowest BCUT2D eigenvalue weighted by Crippen LogP contribution is -2.52. The van der Waals surface area contributed by atoms with Crippen LogP contribution >= 0.6 is 0 Å². The highest BCUT2D eigenvalue weighted by Gasteiger charge is 2.41. The SMILES string of the molecule is CCC1C(=O)OCc2c1cc1n(c2=O)Cc2c-1nc1cc(F)c(C)c3c1c2C(NC(=O)C(OCNC(=O)CNC(=O)C(Cc1ccccc1)NC(=O)CNC(=O)CNC(=O)CN1C(=O)C=CC1=O)C1CC1)CC3. The molecule has 4 aromatic rings. The fourth-order valence-electron chi connectivity index (χ4n) is 9.88. The molecule has 0 radical (unpaired) electrons. The number of aromatic nitrogens is 2. The van der Waals surface area contributed by atoms with Gasteiger partial charge in [-0.05, 0) is 78.8 Å². The number of esters is 1. The molecule has 380 valence electrons. The van der Waals surface area contributed by atoms with Gasteiger partial charge in [0, 0.05) is 35.6 Å². The minimum absolute atomic E-state index is 0.0231. The van der Waals surface area contributed by atoms with Gasteiger partial charge in [0.25, 0.3) is 17.4 Å². The smallest absolute Gasteiger partial charge is 0.313 e. The van der Waals surface area contributed by atoms with Crippen molar-refractivity contribution in [2.75, 3.05) is 32.9 Å². The molecule has 2 aliphatic carbocycles. The van der Waals surface area contributed by atoms with Crippen molar-refractivity contribution < 1.29 is 57.0 Å². The molecule has 1 fully saturated rings. The summed E-state index contributed by atoms with van der Waals surface area (Å²) in [5.41, 5.74) is 5.42. The average molecular weight is 1000 g/mol. The van der Waals surface area contributed by atoms with Gasteiger partial charge in [-0.2, -0.15) is 0 Å². The van der Waals surface area contributed by atoms with Gasteiger partial charge in [-0.25, -0.2) is 9.37 Å². The van der Waals surface area contributed by atoms with Crippen molar-refractivity contribution in [3.8, 4) is 11.4 Å². The summed E-state index contributed by atoms with van der Waals surface area (Å²) < 4.78 is 28.5. The number of fused-ring (bicyclic) bond motifs is 5. The van der Waals surface area contributed by atoms with Gasteiger partial charge in [0.15, 0.2) is 0 Å². The summed E-state index contributed by atoms with van der Waals surface area (Å²) in [6.45, 7) is 0.920. The number of ether oxygens (including phenoxy) is 2. The first-order chi connectivity index (χ1) is 35.1. The zero-order chi connectivity index (χ0) is 51.7. The maximum atomic E-state index is 15.5. The van der Waals surface area contributed by atoms with Crippen molar-refractivity contribution in [3.63, 3.8) is 0 Å². The third-order valence-electron chi connectivity index (χ3n) is 13.8. The Morgan fingerprint density at radius 3 is 2.26 bits per heavy atom. The number of hydrogen-bond donors (Lipinski definition) is 6. The van der Waals surface area contributed by atoms with Crippen LogP contribution < -0.4 is 37.5 Å². The van der Waals surface area contributed by atoms with E-state index < -0.39 is 109 Å². The molecule has 5 aliphatic rings. The van der Waals surface area contributed by atoms with Crippen LogP contribution in [0.2, 0.25) is 0 Å². The average Bonchev–Trinajstić information content (AvgIpc) is 4.08. The molecule has 0 spiro atoms. The van der Waals surface area contributed by atoms with Gasteiger partial charge in [-0.15, -0.1) is 0 Å². The first-order valence-corrected chi connectivity index (χ1v) is 24.0. The van der Waals surface area contributed by atoms with Gasteiger partial charge < -0.3 is 45.9 Å². The molecule has 8 amide bonds. The minimum Gasteiger partial charge on any atom is -0.460 e. The number of hydrogen-bond acceptors (Lipinski definition) is 13. The van der Waals surface area contributed by atoms with Crippen LogP contribution in [0.25, 0.3) is 22.3 Å². The highest BCUT2D eigenvalue weighted by molar-refractivity contribution is 6.14. The number of carbonyl (C=O) groups is 9. The number of nitrogens with zero attached hydrogens (tertiary/aromatic N) is 3. The van der Waals surface area contributed by atoms with E-state index in [0.29, 0.717) is 87.1 Å². The fraction of sp³-hybridized carbons (Fsp3) is 0.392. The highest BCUT2D eigenvalue weighted by Crippen LogP contribution is 2.46. The zero-order valence-corrected chi connectivity index (χ0v) is 39.9. The second-order valence-corrected chi connectivity index (χ2v) is 18.6. The van der Waals surface area contributed by atoms with Gasteiger partial charge in [-0.3, -0.25) is 52.8 Å². The molecule has 2 aromatic heterocycles. The largest absolute Gasteiger partial charge is 0.460 e. The minimum atomic E-state index is -1.19. The van der Waals surface area contributed by atoms with E-state index in [1.807, 2.05) is 13.0 Å². The van der Waals surface area contributed by atoms with Crippen LogP contribution in [-0.4, -0.2) is 113 Å². The van der Waals surface area contributed by atoms with E-state index in [0.717, 1.165) is 23.3 Å². The van der Waals surface area contributed by atoms with Crippen molar-refractivity contribution in [1.82, 2.24) is 46.4 Å². The Morgan fingerprint density at radius 1 is 0.836 bits per heavy atom. The normalized spacial score (nSPS) is 18.0. The summed E-state index contributed by atoms with van der Waals surface area (Å²) in [6, 6.07) is 10.2. The Morgan fingerprint density at radius 2 is 1.53 bits per heavy atom.